The Morgan fingerprint density at radius 1 is 1.12 bits per heavy atom. The zero-order valence-electron chi connectivity index (χ0n) is 10.4. The highest BCUT2D eigenvalue weighted by Gasteiger charge is 2.42. The summed E-state index contributed by atoms with van der Waals surface area (Å²) in [5, 5.41) is 11.8. The molecule has 1 saturated heterocycles. The van der Waals surface area contributed by atoms with Gasteiger partial charge >= 0.3 is 0 Å². The molecule has 3 rings (SSSR count). The van der Waals surface area contributed by atoms with Gasteiger partial charge in [0.15, 0.2) is 0 Å². The summed E-state index contributed by atoms with van der Waals surface area (Å²) in [6, 6.07) is 0.849. The van der Waals surface area contributed by atoms with E-state index in [1.165, 1.54) is 25.7 Å². The van der Waals surface area contributed by atoms with Crippen molar-refractivity contribution in [3.05, 3.63) is 0 Å². The third-order valence-electron chi connectivity index (χ3n) is 5.23. The summed E-state index contributed by atoms with van der Waals surface area (Å²) in [5.41, 5.74) is 5.69. The molecule has 3 atom stereocenters. The van der Waals surface area contributed by atoms with Crippen molar-refractivity contribution in [2.24, 2.45) is 28.6 Å². The van der Waals surface area contributed by atoms with Crippen molar-refractivity contribution in [1.29, 1.82) is 0 Å². The van der Waals surface area contributed by atoms with Crippen molar-refractivity contribution >= 4 is 5.84 Å². The molecule has 3 unspecified atom stereocenters. The number of nitrogens with zero attached hydrogens (tertiary/aromatic N) is 2. The van der Waals surface area contributed by atoms with Crippen LogP contribution in [0.2, 0.25) is 0 Å². The van der Waals surface area contributed by atoms with Gasteiger partial charge < -0.3 is 15.8 Å². The van der Waals surface area contributed by atoms with Gasteiger partial charge in [-0.05, 0) is 57.0 Å². The fourth-order valence-electron chi connectivity index (χ4n) is 4.27. The molecular formula is C13H23N3O. The Labute approximate surface area is 103 Å². The highest BCUT2D eigenvalue weighted by molar-refractivity contribution is 5.82. The smallest absolute Gasteiger partial charge is 0.142 e. The molecule has 3 N–H and O–H groups in total. The first kappa shape index (κ1) is 11.3. The van der Waals surface area contributed by atoms with Gasteiger partial charge in [0.25, 0.3) is 0 Å². The fourth-order valence-corrected chi connectivity index (χ4v) is 4.27. The van der Waals surface area contributed by atoms with Gasteiger partial charge in [0.1, 0.15) is 5.84 Å². The molecule has 2 saturated carbocycles. The molecule has 3 fully saturated rings. The molecule has 3 aliphatic rings. The predicted molar refractivity (Wildman–Crippen MR) is 66.9 cm³/mol. The summed E-state index contributed by atoms with van der Waals surface area (Å²) in [7, 11) is 0. The van der Waals surface area contributed by atoms with E-state index < -0.39 is 0 Å². The van der Waals surface area contributed by atoms with Crippen LogP contribution >= 0.6 is 0 Å². The zero-order chi connectivity index (χ0) is 11.8. The Morgan fingerprint density at radius 3 is 2.41 bits per heavy atom. The number of rotatable bonds is 2. The Bertz CT molecular complexity index is 310. The van der Waals surface area contributed by atoms with Gasteiger partial charge in [-0.15, -0.1) is 0 Å². The van der Waals surface area contributed by atoms with Crippen LogP contribution < -0.4 is 5.73 Å². The SMILES string of the molecule is NC(=NO)C1CCN(C2CC3CCC2C3)CC1. The van der Waals surface area contributed by atoms with E-state index in [0.29, 0.717) is 11.8 Å². The van der Waals surface area contributed by atoms with Crippen LogP contribution in [0.1, 0.15) is 38.5 Å². The van der Waals surface area contributed by atoms with Gasteiger partial charge in [-0.2, -0.15) is 0 Å². The maximum Gasteiger partial charge on any atom is 0.142 e. The van der Waals surface area contributed by atoms with Crippen LogP contribution in [0.3, 0.4) is 0 Å². The molecule has 0 aromatic rings. The Balaban J connectivity index is 1.55. The van der Waals surface area contributed by atoms with Crippen LogP contribution in [0, 0.1) is 17.8 Å². The first-order valence-corrected chi connectivity index (χ1v) is 6.99. The average molecular weight is 237 g/mol. The van der Waals surface area contributed by atoms with Crippen molar-refractivity contribution in [2.75, 3.05) is 13.1 Å². The lowest BCUT2D eigenvalue weighted by molar-refractivity contribution is 0.108. The third kappa shape index (κ3) is 2.03. The average Bonchev–Trinajstić information content (AvgIpc) is 3.00. The first-order chi connectivity index (χ1) is 8.28. The quantitative estimate of drug-likeness (QED) is 0.332. The number of amidine groups is 1. The Kier molecular flexibility index (Phi) is 2.99. The van der Waals surface area contributed by atoms with Crippen LogP contribution in [0.4, 0.5) is 0 Å². The van der Waals surface area contributed by atoms with Crippen LogP contribution in [0.15, 0.2) is 5.16 Å². The van der Waals surface area contributed by atoms with Gasteiger partial charge in [-0.3, -0.25) is 0 Å². The maximum absolute atomic E-state index is 8.70. The molecule has 4 heteroatoms. The molecule has 2 aliphatic carbocycles. The van der Waals surface area contributed by atoms with Gasteiger partial charge in [0.05, 0.1) is 0 Å². The van der Waals surface area contributed by atoms with E-state index in [1.54, 1.807) is 0 Å². The molecule has 0 aromatic carbocycles. The second kappa shape index (κ2) is 4.48. The van der Waals surface area contributed by atoms with Crippen LogP contribution in [0.25, 0.3) is 0 Å². The second-order valence-electron chi connectivity index (χ2n) is 6.08. The van der Waals surface area contributed by atoms with Crippen molar-refractivity contribution in [3.63, 3.8) is 0 Å². The second-order valence-corrected chi connectivity index (χ2v) is 6.08. The minimum atomic E-state index is 0.301. The molecule has 0 spiro atoms. The Hall–Kier alpha value is -0.770. The molecule has 0 aromatic heterocycles. The van der Waals surface area contributed by atoms with Crippen LogP contribution in [-0.4, -0.2) is 35.1 Å². The monoisotopic (exact) mass is 237 g/mol. The van der Waals surface area contributed by atoms with Gasteiger partial charge in [-0.1, -0.05) is 11.6 Å². The minimum absolute atomic E-state index is 0.301. The molecular weight excluding hydrogens is 214 g/mol. The fraction of sp³-hybridized carbons (Fsp3) is 0.923. The number of likely N-dealkylation sites (tertiary alicyclic amines) is 1. The summed E-state index contributed by atoms with van der Waals surface area (Å²) >= 11 is 0. The van der Waals surface area contributed by atoms with E-state index in [9.17, 15) is 0 Å². The van der Waals surface area contributed by atoms with Crippen LogP contribution in [0.5, 0.6) is 0 Å². The number of hydrogen-bond donors (Lipinski definition) is 2. The molecule has 1 aliphatic heterocycles. The van der Waals surface area contributed by atoms with Crippen LogP contribution in [-0.2, 0) is 0 Å². The van der Waals surface area contributed by atoms with E-state index in [1.807, 2.05) is 0 Å². The number of oxime groups is 1. The maximum atomic E-state index is 8.70. The number of nitrogens with two attached hydrogens (primary N) is 1. The summed E-state index contributed by atoms with van der Waals surface area (Å²) < 4.78 is 0. The van der Waals surface area contributed by atoms with E-state index in [-0.39, 0.29) is 0 Å². The molecule has 96 valence electrons. The standard InChI is InChI=1S/C13H23N3O/c14-13(15-17)10-3-5-16(6-4-10)12-8-9-1-2-11(12)7-9/h9-12,17H,1-8H2,(H2,14,15). The highest BCUT2D eigenvalue weighted by atomic mass is 16.4. The van der Waals surface area contributed by atoms with E-state index in [4.69, 9.17) is 10.9 Å². The van der Waals surface area contributed by atoms with Crippen molar-refractivity contribution in [1.82, 2.24) is 4.90 Å². The lowest BCUT2D eigenvalue weighted by Crippen LogP contribution is -2.46. The number of piperidine rings is 1. The third-order valence-corrected chi connectivity index (χ3v) is 5.23. The Morgan fingerprint density at radius 2 is 1.88 bits per heavy atom. The van der Waals surface area contributed by atoms with Gasteiger partial charge in [-0.25, -0.2) is 0 Å². The molecule has 4 nitrogen and oxygen atoms in total. The van der Waals surface area contributed by atoms with E-state index in [2.05, 4.69) is 10.1 Å². The summed E-state index contributed by atoms with van der Waals surface area (Å²) in [6.07, 6.45) is 7.95. The van der Waals surface area contributed by atoms with Gasteiger partial charge in [0.2, 0.25) is 0 Å². The van der Waals surface area contributed by atoms with Gasteiger partial charge in [0, 0.05) is 12.0 Å². The largest absolute Gasteiger partial charge is 0.409 e. The highest BCUT2D eigenvalue weighted by Crippen LogP contribution is 2.47. The normalized spacial score (nSPS) is 40.0. The summed E-state index contributed by atoms with van der Waals surface area (Å²) in [5.74, 6) is 2.72. The van der Waals surface area contributed by atoms with E-state index in [0.717, 1.165) is 43.8 Å². The van der Waals surface area contributed by atoms with Crippen molar-refractivity contribution < 1.29 is 5.21 Å². The zero-order valence-corrected chi connectivity index (χ0v) is 10.4. The predicted octanol–water partition coefficient (Wildman–Crippen LogP) is 1.63. The van der Waals surface area contributed by atoms with Crippen molar-refractivity contribution in [2.45, 2.75) is 44.6 Å². The number of hydrogen-bond acceptors (Lipinski definition) is 3. The molecule has 0 amide bonds. The molecule has 0 radical (unpaired) electrons. The number of fused-ring (bicyclic) bond motifs is 2. The first-order valence-electron chi connectivity index (χ1n) is 6.99. The van der Waals surface area contributed by atoms with E-state index >= 15 is 0 Å². The summed E-state index contributed by atoms with van der Waals surface area (Å²) in [4.78, 5) is 2.67. The topological polar surface area (TPSA) is 61.9 Å². The minimum Gasteiger partial charge on any atom is -0.409 e. The molecule has 1 heterocycles. The lowest BCUT2D eigenvalue weighted by Gasteiger charge is -2.39. The lowest BCUT2D eigenvalue weighted by atomic mass is 9.89. The molecule has 2 bridgehead atoms. The summed E-state index contributed by atoms with van der Waals surface area (Å²) in [6.45, 7) is 2.27. The van der Waals surface area contributed by atoms with Crippen molar-refractivity contribution in [3.8, 4) is 0 Å². The molecule has 17 heavy (non-hydrogen) atoms.